The van der Waals surface area contributed by atoms with Crippen molar-refractivity contribution in [3.8, 4) is 0 Å². The van der Waals surface area contributed by atoms with Gasteiger partial charge in [0.15, 0.2) is 0 Å². The normalized spacial score (nSPS) is 15.8. The molecule has 0 saturated carbocycles. The molecule has 19 heavy (non-hydrogen) atoms. The van der Waals surface area contributed by atoms with E-state index in [0.717, 1.165) is 0 Å². The van der Waals surface area contributed by atoms with E-state index in [1.165, 1.54) is 24.3 Å². The minimum atomic E-state index is -2.93. The molecular formula is C12H11NO6. The van der Waals surface area contributed by atoms with Gasteiger partial charge in [0.25, 0.3) is 17.6 Å². The molecule has 0 spiro atoms. The number of hydroxylamine groups is 2. The summed E-state index contributed by atoms with van der Waals surface area (Å²) in [6, 6.07) is 7.22. The van der Waals surface area contributed by atoms with Crippen molar-refractivity contribution in [1.29, 1.82) is 0 Å². The van der Waals surface area contributed by atoms with E-state index in [1.807, 2.05) is 0 Å². The van der Waals surface area contributed by atoms with E-state index in [4.69, 9.17) is 0 Å². The van der Waals surface area contributed by atoms with Gasteiger partial charge >= 0.3 is 5.97 Å². The minimum absolute atomic E-state index is 0.0681. The monoisotopic (exact) mass is 265 g/mol. The molecular weight excluding hydrogens is 254 g/mol. The van der Waals surface area contributed by atoms with Crippen molar-refractivity contribution in [2.45, 2.75) is 18.6 Å². The predicted octanol–water partition coefficient (Wildman–Crippen LogP) is -0.569. The Labute approximate surface area is 108 Å². The van der Waals surface area contributed by atoms with E-state index >= 15 is 0 Å². The highest BCUT2D eigenvalue weighted by atomic mass is 16.7. The fourth-order valence-electron chi connectivity index (χ4n) is 1.59. The molecule has 1 saturated heterocycles. The van der Waals surface area contributed by atoms with E-state index in [2.05, 4.69) is 4.84 Å². The molecule has 0 atom stereocenters. The Kier molecular flexibility index (Phi) is 3.32. The van der Waals surface area contributed by atoms with Gasteiger partial charge in [-0.25, -0.2) is 4.79 Å². The molecule has 2 rings (SSSR count). The van der Waals surface area contributed by atoms with Crippen molar-refractivity contribution in [2.24, 2.45) is 0 Å². The summed E-state index contributed by atoms with van der Waals surface area (Å²) in [5, 5.41) is 19.7. The smallest absolute Gasteiger partial charge is 0.353 e. The van der Waals surface area contributed by atoms with Gasteiger partial charge in [0.2, 0.25) is 0 Å². The van der Waals surface area contributed by atoms with Gasteiger partial charge in [0, 0.05) is 18.4 Å². The van der Waals surface area contributed by atoms with Gasteiger partial charge < -0.3 is 15.1 Å². The van der Waals surface area contributed by atoms with Crippen LogP contribution in [-0.4, -0.2) is 33.1 Å². The second-order valence-corrected chi connectivity index (χ2v) is 4.00. The first-order chi connectivity index (χ1) is 8.93. The molecule has 100 valence electrons. The van der Waals surface area contributed by atoms with Gasteiger partial charge in [-0.05, 0) is 0 Å². The SMILES string of the molecule is O=C1CCC(=O)N1OC(=O)C(O)(O)c1ccccc1. The number of nitrogens with zero attached hydrogens (tertiary/aromatic N) is 1. The van der Waals surface area contributed by atoms with Crippen molar-refractivity contribution in [3.63, 3.8) is 0 Å². The zero-order valence-electron chi connectivity index (χ0n) is 9.78. The Morgan fingerprint density at radius 2 is 1.63 bits per heavy atom. The highest BCUT2D eigenvalue weighted by Gasteiger charge is 2.42. The predicted molar refractivity (Wildman–Crippen MR) is 59.7 cm³/mol. The van der Waals surface area contributed by atoms with Gasteiger partial charge in [-0.2, -0.15) is 0 Å². The van der Waals surface area contributed by atoms with Crippen LogP contribution in [0.5, 0.6) is 0 Å². The molecule has 0 bridgehead atoms. The number of aliphatic hydroxyl groups is 2. The zero-order chi connectivity index (χ0) is 14.0. The van der Waals surface area contributed by atoms with Crippen LogP contribution in [0.2, 0.25) is 0 Å². The van der Waals surface area contributed by atoms with Crippen LogP contribution in [0.4, 0.5) is 0 Å². The molecule has 1 aromatic carbocycles. The molecule has 1 heterocycles. The molecule has 0 radical (unpaired) electrons. The Balaban J connectivity index is 2.15. The zero-order valence-corrected chi connectivity index (χ0v) is 9.78. The molecule has 0 unspecified atom stereocenters. The van der Waals surface area contributed by atoms with Crippen LogP contribution in [0, 0.1) is 0 Å². The van der Waals surface area contributed by atoms with Crippen molar-refractivity contribution in [2.75, 3.05) is 0 Å². The lowest BCUT2D eigenvalue weighted by atomic mass is 10.1. The molecule has 0 aromatic heterocycles. The lowest BCUT2D eigenvalue weighted by molar-refractivity contribution is -0.242. The van der Waals surface area contributed by atoms with Crippen LogP contribution in [0.15, 0.2) is 30.3 Å². The molecule has 1 fully saturated rings. The first-order valence-corrected chi connectivity index (χ1v) is 5.51. The highest BCUT2D eigenvalue weighted by Crippen LogP contribution is 2.21. The minimum Gasteiger partial charge on any atom is -0.353 e. The lowest BCUT2D eigenvalue weighted by Gasteiger charge is -2.22. The quantitative estimate of drug-likeness (QED) is 0.560. The lowest BCUT2D eigenvalue weighted by Crippen LogP contribution is -2.43. The van der Waals surface area contributed by atoms with Gasteiger partial charge in [0.05, 0.1) is 0 Å². The second-order valence-electron chi connectivity index (χ2n) is 4.00. The van der Waals surface area contributed by atoms with Gasteiger partial charge in [-0.3, -0.25) is 9.59 Å². The number of carbonyl (C=O) groups is 3. The summed E-state index contributed by atoms with van der Waals surface area (Å²) < 4.78 is 0. The third-order valence-corrected chi connectivity index (χ3v) is 2.64. The maximum absolute atomic E-state index is 11.6. The third-order valence-electron chi connectivity index (χ3n) is 2.64. The molecule has 2 amide bonds. The summed E-state index contributed by atoms with van der Waals surface area (Å²) in [5.74, 6) is -5.82. The van der Waals surface area contributed by atoms with Crippen LogP contribution in [-0.2, 0) is 25.0 Å². The number of hydrogen-bond donors (Lipinski definition) is 2. The average Bonchev–Trinajstić information content (AvgIpc) is 2.71. The van der Waals surface area contributed by atoms with Crippen molar-refractivity contribution >= 4 is 17.8 Å². The first kappa shape index (κ1) is 13.2. The van der Waals surface area contributed by atoms with E-state index in [-0.39, 0.29) is 23.5 Å². The van der Waals surface area contributed by atoms with Crippen molar-refractivity contribution in [1.82, 2.24) is 5.06 Å². The van der Waals surface area contributed by atoms with E-state index in [9.17, 15) is 24.6 Å². The fourth-order valence-corrected chi connectivity index (χ4v) is 1.59. The standard InChI is InChI=1S/C12H11NO6/c14-9-6-7-10(15)13(9)19-11(16)12(17,18)8-4-2-1-3-5-8/h1-5,17-18H,6-7H2. The number of benzene rings is 1. The molecule has 7 heteroatoms. The average molecular weight is 265 g/mol. The third kappa shape index (κ3) is 2.47. The summed E-state index contributed by atoms with van der Waals surface area (Å²) >= 11 is 0. The number of carbonyl (C=O) groups excluding carboxylic acids is 3. The van der Waals surface area contributed by atoms with E-state index in [0.29, 0.717) is 0 Å². The number of imide groups is 1. The number of amides is 2. The maximum atomic E-state index is 11.6. The second kappa shape index (κ2) is 4.79. The molecule has 1 aromatic rings. The molecule has 2 N–H and O–H groups in total. The molecule has 1 aliphatic rings. The van der Waals surface area contributed by atoms with Crippen molar-refractivity contribution < 1.29 is 29.4 Å². The van der Waals surface area contributed by atoms with Crippen LogP contribution >= 0.6 is 0 Å². The maximum Gasteiger partial charge on any atom is 0.396 e. The topological polar surface area (TPSA) is 104 Å². The Morgan fingerprint density at radius 3 is 2.16 bits per heavy atom. The Bertz CT molecular complexity index is 508. The van der Waals surface area contributed by atoms with Crippen molar-refractivity contribution in [3.05, 3.63) is 35.9 Å². The number of hydrogen-bond acceptors (Lipinski definition) is 6. The van der Waals surface area contributed by atoms with Gasteiger partial charge in [0.1, 0.15) is 0 Å². The van der Waals surface area contributed by atoms with Gasteiger partial charge in [-0.1, -0.05) is 30.3 Å². The van der Waals surface area contributed by atoms with Crippen LogP contribution in [0.1, 0.15) is 18.4 Å². The summed E-state index contributed by atoms with van der Waals surface area (Å²) in [6.07, 6.45) is -0.136. The van der Waals surface area contributed by atoms with Crippen LogP contribution in [0.3, 0.4) is 0 Å². The summed E-state index contributed by atoms with van der Waals surface area (Å²) in [4.78, 5) is 38.6. The molecule has 7 nitrogen and oxygen atoms in total. The van der Waals surface area contributed by atoms with Crippen LogP contribution < -0.4 is 0 Å². The highest BCUT2D eigenvalue weighted by molar-refractivity contribution is 6.01. The van der Waals surface area contributed by atoms with Gasteiger partial charge in [-0.15, -0.1) is 5.06 Å². The van der Waals surface area contributed by atoms with Crippen LogP contribution in [0.25, 0.3) is 0 Å². The first-order valence-electron chi connectivity index (χ1n) is 5.51. The summed E-state index contributed by atoms with van der Waals surface area (Å²) in [5.41, 5.74) is -0.126. The summed E-state index contributed by atoms with van der Waals surface area (Å²) in [7, 11) is 0. The molecule has 1 aliphatic heterocycles. The molecule has 0 aliphatic carbocycles. The summed E-state index contributed by atoms with van der Waals surface area (Å²) in [6.45, 7) is 0. The van der Waals surface area contributed by atoms with E-state index < -0.39 is 23.6 Å². The van der Waals surface area contributed by atoms with E-state index in [1.54, 1.807) is 6.07 Å². The Hall–Kier alpha value is -2.25. The largest absolute Gasteiger partial charge is 0.396 e. The Morgan fingerprint density at radius 1 is 1.11 bits per heavy atom. The number of rotatable bonds is 3. The fraction of sp³-hybridized carbons (Fsp3) is 0.250.